The molecule has 172 valence electrons. The van der Waals surface area contributed by atoms with E-state index >= 15 is 0 Å². The van der Waals surface area contributed by atoms with Crippen molar-refractivity contribution in [3.8, 4) is 23.3 Å². The van der Waals surface area contributed by atoms with E-state index in [9.17, 15) is 14.9 Å². The lowest BCUT2D eigenvalue weighted by Crippen LogP contribution is -2.27. The summed E-state index contributed by atoms with van der Waals surface area (Å²) >= 11 is 0. The SMILES string of the molecule is CCOc1ccc(/C=C/C(=O)Oc2ccc(/C=C(\C#N)C(=O)NCCOC)cc2OC)cc1. The van der Waals surface area contributed by atoms with Crippen LogP contribution < -0.4 is 19.5 Å². The monoisotopic (exact) mass is 450 g/mol. The molecular weight excluding hydrogens is 424 g/mol. The molecule has 0 heterocycles. The van der Waals surface area contributed by atoms with Crippen molar-refractivity contribution in [2.75, 3.05) is 34.0 Å². The lowest BCUT2D eigenvalue weighted by molar-refractivity contribution is -0.129. The molecule has 0 spiro atoms. The minimum atomic E-state index is -0.583. The van der Waals surface area contributed by atoms with Gasteiger partial charge in [0.2, 0.25) is 0 Å². The van der Waals surface area contributed by atoms with Crippen molar-refractivity contribution >= 4 is 24.0 Å². The fraction of sp³-hybridized carbons (Fsp3) is 0.240. The Hall–Kier alpha value is -4.09. The van der Waals surface area contributed by atoms with Gasteiger partial charge in [0.25, 0.3) is 5.91 Å². The van der Waals surface area contributed by atoms with Gasteiger partial charge in [-0.2, -0.15) is 5.26 Å². The average molecular weight is 450 g/mol. The molecule has 8 nitrogen and oxygen atoms in total. The quantitative estimate of drug-likeness (QED) is 0.184. The van der Waals surface area contributed by atoms with E-state index in [4.69, 9.17) is 18.9 Å². The predicted molar refractivity (Wildman–Crippen MR) is 124 cm³/mol. The highest BCUT2D eigenvalue weighted by molar-refractivity contribution is 6.01. The number of hydrogen-bond donors (Lipinski definition) is 1. The number of rotatable bonds is 11. The van der Waals surface area contributed by atoms with Gasteiger partial charge in [-0.1, -0.05) is 18.2 Å². The molecule has 0 aliphatic heterocycles. The van der Waals surface area contributed by atoms with Crippen molar-refractivity contribution in [3.05, 3.63) is 65.2 Å². The number of nitrogens with zero attached hydrogens (tertiary/aromatic N) is 1. The van der Waals surface area contributed by atoms with Crippen molar-refractivity contribution in [2.45, 2.75) is 6.92 Å². The van der Waals surface area contributed by atoms with E-state index in [0.717, 1.165) is 11.3 Å². The molecule has 0 unspecified atom stereocenters. The second-order valence-electron chi connectivity index (χ2n) is 6.59. The first-order chi connectivity index (χ1) is 16.0. The minimum Gasteiger partial charge on any atom is -0.494 e. The maximum Gasteiger partial charge on any atom is 0.336 e. The molecule has 0 bridgehead atoms. The molecule has 0 saturated carbocycles. The number of esters is 1. The Morgan fingerprint density at radius 1 is 1.06 bits per heavy atom. The number of hydrogen-bond acceptors (Lipinski definition) is 7. The Morgan fingerprint density at radius 3 is 2.42 bits per heavy atom. The molecule has 33 heavy (non-hydrogen) atoms. The summed E-state index contributed by atoms with van der Waals surface area (Å²) < 4.78 is 20.9. The Morgan fingerprint density at radius 2 is 1.79 bits per heavy atom. The van der Waals surface area contributed by atoms with Crippen molar-refractivity contribution in [1.29, 1.82) is 5.26 Å². The first-order valence-electron chi connectivity index (χ1n) is 10.2. The number of carbonyl (C=O) groups excluding carboxylic acids is 2. The summed E-state index contributed by atoms with van der Waals surface area (Å²) in [7, 11) is 2.95. The number of nitrogens with one attached hydrogen (secondary N) is 1. The molecule has 2 rings (SSSR count). The molecule has 2 aromatic rings. The Labute approximate surface area is 193 Å². The smallest absolute Gasteiger partial charge is 0.336 e. The van der Waals surface area contributed by atoms with Gasteiger partial charge < -0.3 is 24.3 Å². The number of amides is 1. The molecule has 0 aliphatic carbocycles. The first-order valence-corrected chi connectivity index (χ1v) is 10.2. The van der Waals surface area contributed by atoms with Crippen LogP contribution in [0.1, 0.15) is 18.1 Å². The molecule has 0 fully saturated rings. The summed E-state index contributed by atoms with van der Waals surface area (Å²) in [5.41, 5.74) is 1.28. The third-order valence-corrected chi connectivity index (χ3v) is 4.27. The average Bonchev–Trinajstić information content (AvgIpc) is 2.83. The van der Waals surface area contributed by atoms with Crippen LogP contribution in [0.3, 0.4) is 0 Å². The van der Waals surface area contributed by atoms with E-state index < -0.39 is 11.9 Å². The summed E-state index contributed by atoms with van der Waals surface area (Å²) in [4.78, 5) is 24.3. The Bertz CT molecular complexity index is 1050. The maximum atomic E-state index is 12.2. The van der Waals surface area contributed by atoms with Crippen LogP contribution in [-0.4, -0.2) is 45.9 Å². The van der Waals surface area contributed by atoms with Gasteiger partial charge >= 0.3 is 5.97 Å². The van der Waals surface area contributed by atoms with Crippen LogP contribution >= 0.6 is 0 Å². The summed E-state index contributed by atoms with van der Waals surface area (Å²) in [5, 5.41) is 11.9. The topological polar surface area (TPSA) is 107 Å². The standard InChI is InChI=1S/C25H26N2O6/c1-4-32-21-9-5-18(6-10-21)8-12-24(28)33-22-11-7-19(16-23(22)31-3)15-20(17-26)25(29)27-13-14-30-2/h5-12,15-16H,4,13-14H2,1-3H3,(H,27,29)/b12-8+,20-15+. The number of ether oxygens (including phenoxy) is 4. The summed E-state index contributed by atoms with van der Waals surface area (Å²) in [5.74, 6) is 0.148. The zero-order chi connectivity index (χ0) is 24.1. The molecule has 2 aromatic carbocycles. The van der Waals surface area contributed by atoms with Crippen LogP contribution in [0.2, 0.25) is 0 Å². The summed E-state index contributed by atoms with van der Waals surface area (Å²) in [6.07, 6.45) is 4.35. The predicted octanol–water partition coefficient (Wildman–Crippen LogP) is 3.38. The van der Waals surface area contributed by atoms with Gasteiger partial charge in [-0.25, -0.2) is 4.79 Å². The molecule has 0 aliphatic rings. The number of carbonyl (C=O) groups is 2. The van der Waals surface area contributed by atoms with E-state index in [1.165, 1.54) is 32.4 Å². The lowest BCUT2D eigenvalue weighted by Gasteiger charge is -2.09. The van der Waals surface area contributed by atoms with E-state index in [-0.39, 0.29) is 23.6 Å². The van der Waals surface area contributed by atoms with Crippen molar-refractivity contribution < 1.29 is 28.5 Å². The van der Waals surface area contributed by atoms with E-state index in [1.807, 2.05) is 37.3 Å². The van der Waals surface area contributed by atoms with Gasteiger partial charge in [0.1, 0.15) is 17.4 Å². The molecule has 8 heteroatoms. The summed E-state index contributed by atoms with van der Waals surface area (Å²) in [6, 6.07) is 13.9. The molecule has 0 saturated heterocycles. The van der Waals surface area contributed by atoms with E-state index in [1.54, 1.807) is 18.2 Å². The van der Waals surface area contributed by atoms with Crippen LogP contribution in [0.4, 0.5) is 0 Å². The van der Waals surface area contributed by atoms with Crippen molar-refractivity contribution in [1.82, 2.24) is 5.32 Å². The zero-order valence-electron chi connectivity index (χ0n) is 18.8. The van der Waals surface area contributed by atoms with Gasteiger partial charge in [-0.05, 0) is 54.5 Å². The molecule has 0 aromatic heterocycles. The maximum absolute atomic E-state index is 12.2. The normalized spacial score (nSPS) is 11.0. The second-order valence-corrected chi connectivity index (χ2v) is 6.59. The van der Waals surface area contributed by atoms with Crippen LogP contribution in [-0.2, 0) is 14.3 Å². The first kappa shape index (κ1) is 25.2. The Balaban J connectivity index is 2.08. The minimum absolute atomic E-state index is 0.0730. The van der Waals surface area contributed by atoms with Gasteiger partial charge in [-0.15, -0.1) is 0 Å². The fourth-order valence-corrected chi connectivity index (χ4v) is 2.68. The largest absolute Gasteiger partial charge is 0.494 e. The van der Waals surface area contributed by atoms with E-state index in [2.05, 4.69) is 5.32 Å². The van der Waals surface area contributed by atoms with E-state index in [0.29, 0.717) is 18.8 Å². The van der Waals surface area contributed by atoms with Gasteiger partial charge in [0.15, 0.2) is 11.5 Å². The molecule has 1 N–H and O–H groups in total. The highest BCUT2D eigenvalue weighted by Crippen LogP contribution is 2.29. The van der Waals surface area contributed by atoms with Crippen molar-refractivity contribution in [3.63, 3.8) is 0 Å². The number of nitriles is 1. The van der Waals surface area contributed by atoms with Gasteiger partial charge in [0.05, 0.1) is 20.3 Å². The van der Waals surface area contributed by atoms with Crippen LogP contribution in [0, 0.1) is 11.3 Å². The zero-order valence-corrected chi connectivity index (χ0v) is 18.8. The molecular formula is C25H26N2O6. The lowest BCUT2D eigenvalue weighted by atomic mass is 10.1. The van der Waals surface area contributed by atoms with Crippen LogP contribution in [0.15, 0.2) is 54.1 Å². The molecule has 1 amide bonds. The highest BCUT2D eigenvalue weighted by atomic mass is 16.6. The third-order valence-electron chi connectivity index (χ3n) is 4.27. The second kappa shape index (κ2) is 13.3. The highest BCUT2D eigenvalue weighted by Gasteiger charge is 2.12. The Kier molecular flexibility index (Phi) is 10.2. The third kappa shape index (κ3) is 8.16. The fourth-order valence-electron chi connectivity index (χ4n) is 2.68. The van der Waals surface area contributed by atoms with Gasteiger partial charge in [0, 0.05) is 19.7 Å². The summed E-state index contributed by atoms with van der Waals surface area (Å²) in [6.45, 7) is 3.12. The molecule has 0 atom stereocenters. The van der Waals surface area contributed by atoms with Crippen LogP contribution in [0.25, 0.3) is 12.2 Å². The number of methoxy groups -OCH3 is 2. The van der Waals surface area contributed by atoms with Crippen molar-refractivity contribution in [2.24, 2.45) is 0 Å². The van der Waals surface area contributed by atoms with Gasteiger partial charge in [-0.3, -0.25) is 4.79 Å². The molecule has 0 radical (unpaired) electrons. The number of benzene rings is 2. The van der Waals surface area contributed by atoms with Crippen LogP contribution in [0.5, 0.6) is 17.2 Å².